The molecule has 236 valence electrons. The Morgan fingerprint density at radius 3 is 1.08 bits per heavy atom. The van der Waals surface area contributed by atoms with Crippen LogP contribution in [0.4, 0.5) is 0 Å². The van der Waals surface area contributed by atoms with Crippen molar-refractivity contribution in [3.8, 4) is 0 Å². The van der Waals surface area contributed by atoms with Gasteiger partial charge in [0.05, 0.1) is 18.3 Å². The summed E-state index contributed by atoms with van der Waals surface area (Å²) >= 11 is 0. The van der Waals surface area contributed by atoms with Crippen molar-refractivity contribution in [3.05, 3.63) is 0 Å². The smallest absolute Gasteiger partial charge is 0.334 e. The van der Waals surface area contributed by atoms with Gasteiger partial charge in [0.2, 0.25) is 0 Å². The minimum absolute atomic E-state index is 0.0438. The Hall–Kier alpha value is 0.371. The van der Waals surface area contributed by atoms with Crippen molar-refractivity contribution < 1.29 is 31.3 Å². The van der Waals surface area contributed by atoms with Gasteiger partial charge in [-0.05, 0) is 78.9 Å². The van der Waals surface area contributed by atoms with Crippen LogP contribution in [0.2, 0.25) is 34.8 Å². The summed E-state index contributed by atoms with van der Waals surface area (Å²) in [5.74, 6) is 0. The van der Waals surface area contributed by atoms with Crippen LogP contribution in [0.25, 0.3) is 0 Å². The second-order valence-electron chi connectivity index (χ2n) is 12.7. The van der Waals surface area contributed by atoms with Crippen LogP contribution in [-0.2, 0) is 31.3 Å². The van der Waals surface area contributed by atoms with Gasteiger partial charge in [-0.15, -0.1) is 0 Å². The number of hydrogen-bond donors (Lipinski definition) is 0. The van der Waals surface area contributed by atoms with Gasteiger partial charge >= 0.3 is 25.7 Å². The van der Waals surface area contributed by atoms with E-state index >= 15 is 0 Å². The minimum atomic E-state index is -2.96. The van der Waals surface area contributed by atoms with E-state index < -0.39 is 25.7 Å². The van der Waals surface area contributed by atoms with E-state index in [1.54, 1.807) is 0 Å². The molecule has 0 heterocycles. The Balaban J connectivity index is 6.84. The van der Waals surface area contributed by atoms with Crippen molar-refractivity contribution >= 4 is 25.7 Å². The van der Waals surface area contributed by atoms with Gasteiger partial charge in [0.25, 0.3) is 0 Å². The van der Waals surface area contributed by atoms with Crippen molar-refractivity contribution in [1.82, 2.24) is 0 Å². The zero-order chi connectivity index (χ0) is 30.4. The molecular formula is C29H66O7Si3. The van der Waals surface area contributed by atoms with Gasteiger partial charge in [-0.25, -0.2) is 0 Å². The summed E-state index contributed by atoms with van der Waals surface area (Å²) < 4.78 is 46.9. The first-order valence-electron chi connectivity index (χ1n) is 15.5. The summed E-state index contributed by atoms with van der Waals surface area (Å²) in [4.78, 5) is 0. The molecular weight excluding hydrogens is 545 g/mol. The molecule has 10 heteroatoms. The van der Waals surface area contributed by atoms with E-state index in [1.807, 2.05) is 0 Å². The summed E-state index contributed by atoms with van der Waals surface area (Å²) in [7, 11) is -8.50. The summed E-state index contributed by atoms with van der Waals surface area (Å²) in [6, 6.07) is 2.26. The summed E-state index contributed by atoms with van der Waals surface area (Å²) in [6.07, 6.45) is 0.503. The Labute approximate surface area is 246 Å². The fourth-order valence-electron chi connectivity index (χ4n) is 4.59. The molecule has 0 N–H and O–H groups in total. The lowest BCUT2D eigenvalue weighted by Gasteiger charge is -2.49. The third-order valence-corrected chi connectivity index (χ3v) is 22.0. The minimum Gasteiger partial charge on any atom is -0.414 e. The molecule has 0 aromatic heterocycles. The third kappa shape index (κ3) is 13.9. The molecule has 0 saturated heterocycles. The maximum atomic E-state index is 7.59. The molecule has 3 atom stereocenters. The van der Waals surface area contributed by atoms with E-state index in [-0.39, 0.29) is 41.0 Å². The highest BCUT2D eigenvalue weighted by atomic mass is 28.5. The highest BCUT2D eigenvalue weighted by Crippen LogP contribution is 2.43. The average molecular weight is 611 g/mol. The molecule has 0 spiro atoms. The van der Waals surface area contributed by atoms with Crippen LogP contribution in [0.15, 0.2) is 0 Å². The highest BCUT2D eigenvalue weighted by molar-refractivity contribution is 6.88. The van der Waals surface area contributed by atoms with Gasteiger partial charge in [0.1, 0.15) is 0 Å². The van der Waals surface area contributed by atoms with E-state index in [4.69, 9.17) is 31.3 Å². The van der Waals surface area contributed by atoms with Crippen LogP contribution in [0.1, 0.15) is 104 Å². The second-order valence-corrected chi connectivity index (χ2v) is 24.7. The van der Waals surface area contributed by atoms with Gasteiger partial charge in [-0.3, -0.25) is 0 Å². The van der Waals surface area contributed by atoms with E-state index in [9.17, 15) is 0 Å². The molecule has 0 fully saturated rings. The predicted molar refractivity (Wildman–Crippen MR) is 170 cm³/mol. The molecule has 0 radical (unpaired) electrons. The lowest BCUT2D eigenvalue weighted by atomic mass is 10.5. The number of rotatable bonds is 23. The van der Waals surface area contributed by atoms with Crippen molar-refractivity contribution in [2.24, 2.45) is 0 Å². The first-order valence-corrected chi connectivity index (χ1v) is 21.8. The Morgan fingerprint density at radius 1 is 0.436 bits per heavy atom. The first kappa shape index (κ1) is 39.4. The van der Waals surface area contributed by atoms with Gasteiger partial charge in [0.15, 0.2) is 0 Å². The Morgan fingerprint density at radius 2 is 0.769 bits per heavy atom. The summed E-state index contributed by atoms with van der Waals surface area (Å²) in [5.41, 5.74) is 0.638. The lowest BCUT2D eigenvalue weighted by Crippen LogP contribution is -2.65. The maximum absolute atomic E-state index is 7.59. The van der Waals surface area contributed by atoms with Gasteiger partial charge in [-0.1, -0.05) is 41.5 Å². The quantitative estimate of drug-likeness (QED) is 0.108. The van der Waals surface area contributed by atoms with Gasteiger partial charge in [-0.2, -0.15) is 0 Å². The molecule has 0 amide bonds. The van der Waals surface area contributed by atoms with Crippen molar-refractivity contribution in [2.75, 3.05) is 26.4 Å². The van der Waals surface area contributed by atoms with Crippen molar-refractivity contribution in [2.45, 2.75) is 163 Å². The second kappa shape index (κ2) is 18.8. The molecule has 39 heavy (non-hydrogen) atoms. The van der Waals surface area contributed by atoms with Crippen LogP contribution in [-0.4, -0.2) is 76.5 Å². The summed E-state index contributed by atoms with van der Waals surface area (Å²) in [5, 5.41) is 0. The molecule has 3 unspecified atom stereocenters. The third-order valence-electron chi connectivity index (χ3n) is 6.86. The van der Waals surface area contributed by atoms with Crippen LogP contribution in [0.5, 0.6) is 0 Å². The largest absolute Gasteiger partial charge is 0.414 e. The maximum Gasteiger partial charge on any atom is 0.334 e. The summed E-state index contributed by atoms with van der Waals surface area (Å²) in [6.45, 7) is 34.6. The van der Waals surface area contributed by atoms with Gasteiger partial charge < -0.3 is 31.3 Å². The van der Waals surface area contributed by atoms with E-state index in [1.165, 1.54) is 0 Å². The highest BCUT2D eigenvalue weighted by Gasteiger charge is 2.58. The predicted octanol–water partition coefficient (Wildman–Crippen LogP) is 8.31. The van der Waals surface area contributed by atoms with E-state index in [0.717, 1.165) is 18.1 Å². The van der Waals surface area contributed by atoms with Crippen LogP contribution in [0, 0.1) is 0 Å². The van der Waals surface area contributed by atoms with Crippen molar-refractivity contribution in [3.63, 3.8) is 0 Å². The normalized spacial score (nSPS) is 17.7. The topological polar surface area (TPSA) is 64.6 Å². The number of hydrogen-bond acceptors (Lipinski definition) is 7. The standard InChI is InChI=1S/C29H66O7Si3/c1-16-33-37(27(10)11,20-17-30-23(2)3)35-39(29(14)15,22-19-32-25(6)7)36-38(28(12)13,34-26(8)9)21-18-31-24(4)5/h23-29H,16-22H2,1-15H3. The lowest BCUT2D eigenvalue weighted by molar-refractivity contribution is 0.0722. The van der Waals surface area contributed by atoms with Crippen molar-refractivity contribution in [1.29, 1.82) is 0 Å². The average Bonchev–Trinajstić information content (AvgIpc) is 2.77. The molecule has 0 rings (SSSR count). The van der Waals surface area contributed by atoms with Gasteiger partial charge in [0, 0.05) is 50.7 Å². The van der Waals surface area contributed by atoms with Crippen LogP contribution < -0.4 is 0 Å². The molecule has 0 aromatic rings. The molecule has 0 saturated carbocycles. The Kier molecular flexibility index (Phi) is 19.0. The molecule has 0 aliphatic heterocycles. The zero-order valence-corrected chi connectivity index (χ0v) is 31.3. The Bertz CT molecular complexity index is 634. The van der Waals surface area contributed by atoms with Crippen LogP contribution >= 0.6 is 0 Å². The molecule has 0 aromatic carbocycles. The zero-order valence-electron chi connectivity index (χ0n) is 28.3. The number of ether oxygens (including phenoxy) is 3. The SMILES string of the molecule is CCO[Si](CCOC(C)C)(O[Si](CCOC(C)C)(O[Si](CCOC(C)C)(OC(C)C)C(C)C)C(C)C)C(C)C. The van der Waals surface area contributed by atoms with Crippen LogP contribution in [0.3, 0.4) is 0 Å². The van der Waals surface area contributed by atoms with E-state index in [2.05, 4.69) is 104 Å². The first-order chi connectivity index (χ1) is 18.0. The monoisotopic (exact) mass is 610 g/mol. The fraction of sp³-hybridized carbons (Fsp3) is 1.00. The van der Waals surface area contributed by atoms with E-state index in [0.29, 0.717) is 26.4 Å². The fourth-order valence-corrected chi connectivity index (χ4v) is 20.7. The molecule has 7 nitrogen and oxygen atoms in total. The molecule has 0 bridgehead atoms. The molecule has 0 aliphatic rings. The molecule has 0 aliphatic carbocycles.